The van der Waals surface area contributed by atoms with Crippen LogP contribution in [0.5, 0.6) is 0 Å². The topological polar surface area (TPSA) is 49.3 Å². The molecule has 1 heterocycles. The van der Waals surface area contributed by atoms with Gasteiger partial charge in [-0.1, -0.05) is 12.1 Å². The molecule has 118 valence electrons. The first-order chi connectivity index (χ1) is 10.6. The van der Waals surface area contributed by atoms with Crippen LogP contribution in [0.3, 0.4) is 0 Å². The molecular formula is C16H21FN4S. The number of halogens is 1. The molecule has 0 saturated carbocycles. The summed E-state index contributed by atoms with van der Waals surface area (Å²) in [7, 11) is 0. The lowest BCUT2D eigenvalue weighted by atomic mass is 10.2. The minimum Gasteiger partial charge on any atom is -0.357 e. The van der Waals surface area contributed by atoms with E-state index in [1.165, 1.54) is 17.0 Å². The Hall–Kier alpha value is -1.95. The maximum Gasteiger partial charge on any atom is 0.191 e. The maximum absolute atomic E-state index is 13.2. The van der Waals surface area contributed by atoms with Crippen LogP contribution < -0.4 is 10.6 Å². The SMILES string of the molecule is CCNC(=NCc1cccc(F)c1)NCc1sc(C)nc1C. The number of aromatic nitrogens is 1. The summed E-state index contributed by atoms with van der Waals surface area (Å²) in [5.41, 5.74) is 1.90. The molecule has 0 saturated heterocycles. The number of nitrogens with one attached hydrogen (secondary N) is 2. The average molecular weight is 320 g/mol. The van der Waals surface area contributed by atoms with Gasteiger partial charge >= 0.3 is 0 Å². The van der Waals surface area contributed by atoms with Gasteiger partial charge in [-0.05, 0) is 38.5 Å². The van der Waals surface area contributed by atoms with Crippen LogP contribution in [0, 0.1) is 19.7 Å². The zero-order valence-electron chi connectivity index (χ0n) is 13.1. The van der Waals surface area contributed by atoms with Gasteiger partial charge in [-0.15, -0.1) is 11.3 Å². The quantitative estimate of drug-likeness (QED) is 0.657. The molecule has 0 aliphatic rings. The predicted molar refractivity (Wildman–Crippen MR) is 89.6 cm³/mol. The van der Waals surface area contributed by atoms with E-state index in [1.54, 1.807) is 17.4 Å². The van der Waals surface area contributed by atoms with Crippen LogP contribution in [0.25, 0.3) is 0 Å². The van der Waals surface area contributed by atoms with Gasteiger partial charge in [0.2, 0.25) is 0 Å². The van der Waals surface area contributed by atoms with E-state index < -0.39 is 0 Å². The second-order valence-electron chi connectivity index (χ2n) is 4.92. The minimum atomic E-state index is -0.235. The molecule has 1 aromatic heterocycles. The van der Waals surface area contributed by atoms with Gasteiger partial charge < -0.3 is 10.6 Å². The molecule has 0 unspecified atom stereocenters. The molecule has 0 aliphatic carbocycles. The predicted octanol–water partition coefficient (Wildman–Crippen LogP) is 3.15. The van der Waals surface area contributed by atoms with E-state index in [4.69, 9.17) is 0 Å². The van der Waals surface area contributed by atoms with Crippen LogP contribution in [0.2, 0.25) is 0 Å². The molecule has 0 atom stereocenters. The molecule has 0 aliphatic heterocycles. The monoisotopic (exact) mass is 320 g/mol. The summed E-state index contributed by atoms with van der Waals surface area (Å²) in [6.07, 6.45) is 0. The van der Waals surface area contributed by atoms with Crippen LogP contribution >= 0.6 is 11.3 Å². The van der Waals surface area contributed by atoms with E-state index in [9.17, 15) is 4.39 Å². The molecule has 0 fully saturated rings. The number of benzene rings is 1. The van der Waals surface area contributed by atoms with E-state index in [0.29, 0.717) is 13.1 Å². The highest BCUT2D eigenvalue weighted by molar-refractivity contribution is 7.11. The zero-order valence-corrected chi connectivity index (χ0v) is 13.9. The van der Waals surface area contributed by atoms with Crippen molar-refractivity contribution < 1.29 is 4.39 Å². The van der Waals surface area contributed by atoms with Crippen molar-refractivity contribution in [3.8, 4) is 0 Å². The van der Waals surface area contributed by atoms with Gasteiger partial charge in [0.1, 0.15) is 5.82 Å². The Morgan fingerprint density at radius 2 is 2.14 bits per heavy atom. The number of aryl methyl sites for hydroxylation is 2. The maximum atomic E-state index is 13.2. The third-order valence-corrected chi connectivity index (χ3v) is 4.14. The van der Waals surface area contributed by atoms with Crippen molar-refractivity contribution in [2.45, 2.75) is 33.9 Å². The first kappa shape index (κ1) is 16.4. The minimum absolute atomic E-state index is 0.235. The standard InChI is InChI=1S/C16H21FN4S/c1-4-18-16(19-9-13-6-5-7-14(17)8-13)20-10-15-11(2)21-12(3)22-15/h5-8H,4,9-10H2,1-3H3,(H2,18,19,20). The highest BCUT2D eigenvalue weighted by atomic mass is 32.1. The lowest BCUT2D eigenvalue weighted by Gasteiger charge is -2.10. The van der Waals surface area contributed by atoms with Crippen LogP contribution in [-0.2, 0) is 13.1 Å². The second-order valence-corrected chi connectivity index (χ2v) is 6.21. The molecule has 0 spiro atoms. The van der Waals surface area contributed by atoms with E-state index in [-0.39, 0.29) is 5.82 Å². The van der Waals surface area contributed by atoms with E-state index >= 15 is 0 Å². The summed E-state index contributed by atoms with van der Waals surface area (Å²) < 4.78 is 13.2. The molecule has 0 bridgehead atoms. The van der Waals surface area contributed by atoms with Gasteiger partial charge in [0.05, 0.1) is 23.8 Å². The Labute approximate surface area is 134 Å². The molecule has 2 N–H and O–H groups in total. The molecule has 1 aromatic carbocycles. The Kier molecular flexibility index (Phi) is 5.89. The molecule has 22 heavy (non-hydrogen) atoms. The molecule has 2 aromatic rings. The van der Waals surface area contributed by atoms with Crippen LogP contribution in [-0.4, -0.2) is 17.5 Å². The number of hydrogen-bond donors (Lipinski definition) is 2. The number of thiazole rings is 1. The molecule has 0 amide bonds. The summed E-state index contributed by atoms with van der Waals surface area (Å²) in [6.45, 7) is 7.93. The third kappa shape index (κ3) is 4.80. The van der Waals surface area contributed by atoms with Crippen molar-refractivity contribution in [2.24, 2.45) is 4.99 Å². The number of rotatable bonds is 5. The first-order valence-corrected chi connectivity index (χ1v) is 8.09. The summed E-state index contributed by atoms with van der Waals surface area (Å²) in [5, 5.41) is 7.55. The van der Waals surface area contributed by atoms with Crippen molar-refractivity contribution in [1.82, 2.24) is 15.6 Å². The van der Waals surface area contributed by atoms with E-state index in [1.807, 2.05) is 26.8 Å². The fourth-order valence-electron chi connectivity index (χ4n) is 2.05. The third-order valence-electron chi connectivity index (χ3n) is 3.07. The Bertz CT molecular complexity index is 651. The number of nitrogens with zero attached hydrogens (tertiary/aromatic N) is 2. The van der Waals surface area contributed by atoms with Crippen LogP contribution in [0.4, 0.5) is 4.39 Å². The average Bonchev–Trinajstić information content (AvgIpc) is 2.80. The van der Waals surface area contributed by atoms with Gasteiger partial charge in [0.25, 0.3) is 0 Å². The highest BCUT2D eigenvalue weighted by Crippen LogP contribution is 2.16. The molecule has 6 heteroatoms. The highest BCUT2D eigenvalue weighted by Gasteiger charge is 2.05. The van der Waals surface area contributed by atoms with Crippen molar-refractivity contribution in [3.63, 3.8) is 0 Å². The Morgan fingerprint density at radius 1 is 1.32 bits per heavy atom. The normalized spacial score (nSPS) is 11.5. The Balaban J connectivity index is 1.99. The zero-order chi connectivity index (χ0) is 15.9. The fourth-order valence-corrected chi connectivity index (χ4v) is 2.93. The van der Waals surface area contributed by atoms with Crippen LogP contribution in [0.15, 0.2) is 29.3 Å². The van der Waals surface area contributed by atoms with E-state index in [0.717, 1.165) is 28.8 Å². The molecule has 0 radical (unpaired) electrons. The van der Waals surface area contributed by atoms with Gasteiger partial charge in [-0.3, -0.25) is 0 Å². The fraction of sp³-hybridized carbons (Fsp3) is 0.375. The van der Waals surface area contributed by atoms with Crippen LogP contribution in [0.1, 0.15) is 28.1 Å². The molecular weight excluding hydrogens is 299 g/mol. The van der Waals surface area contributed by atoms with Crippen molar-refractivity contribution in [1.29, 1.82) is 0 Å². The van der Waals surface area contributed by atoms with Gasteiger partial charge in [0, 0.05) is 11.4 Å². The van der Waals surface area contributed by atoms with E-state index in [2.05, 4.69) is 20.6 Å². The smallest absolute Gasteiger partial charge is 0.191 e. The largest absolute Gasteiger partial charge is 0.357 e. The summed E-state index contributed by atoms with van der Waals surface area (Å²) >= 11 is 1.68. The lowest BCUT2D eigenvalue weighted by Crippen LogP contribution is -2.36. The van der Waals surface area contributed by atoms with Crippen molar-refractivity contribution in [3.05, 3.63) is 51.2 Å². The lowest BCUT2D eigenvalue weighted by molar-refractivity contribution is 0.625. The second kappa shape index (κ2) is 7.89. The first-order valence-electron chi connectivity index (χ1n) is 7.28. The molecule has 2 rings (SSSR count). The molecule has 4 nitrogen and oxygen atoms in total. The number of aliphatic imine (C=N–C) groups is 1. The summed E-state index contributed by atoms with van der Waals surface area (Å²) in [6, 6.07) is 6.51. The summed E-state index contributed by atoms with van der Waals surface area (Å²) in [5.74, 6) is 0.485. The number of hydrogen-bond acceptors (Lipinski definition) is 3. The van der Waals surface area contributed by atoms with Gasteiger partial charge in [-0.2, -0.15) is 0 Å². The van der Waals surface area contributed by atoms with Gasteiger partial charge in [0.15, 0.2) is 5.96 Å². The van der Waals surface area contributed by atoms with Crippen molar-refractivity contribution >= 4 is 17.3 Å². The van der Waals surface area contributed by atoms with Crippen molar-refractivity contribution in [2.75, 3.05) is 6.54 Å². The summed E-state index contributed by atoms with van der Waals surface area (Å²) in [4.78, 5) is 10.1. The van der Waals surface area contributed by atoms with Gasteiger partial charge in [-0.25, -0.2) is 14.4 Å². The Morgan fingerprint density at radius 3 is 2.77 bits per heavy atom. The number of guanidine groups is 1.